The van der Waals surface area contributed by atoms with Crippen molar-refractivity contribution in [1.82, 2.24) is 10.2 Å². The van der Waals surface area contributed by atoms with Gasteiger partial charge in [0.1, 0.15) is 5.01 Å². The molecule has 1 saturated heterocycles. The molecule has 1 N–H and O–H groups in total. The summed E-state index contributed by atoms with van der Waals surface area (Å²) in [5.74, 6) is 0.109. The van der Waals surface area contributed by atoms with E-state index < -0.39 is 0 Å². The highest BCUT2D eigenvalue weighted by Crippen LogP contribution is 2.20. The number of carbonyl (C=O) groups is 1. The number of anilines is 1. The van der Waals surface area contributed by atoms with E-state index in [4.69, 9.17) is 4.74 Å². The minimum atomic E-state index is 0.0523. The minimum Gasteiger partial charge on any atom is -0.381 e. The standard InChI is InChI=1S/C12H19N3O2S/c1-2-3-4-10-14-15-12(18-10)13-11(16)9-5-7-17-8-6-9/h9H,2-8H2,1H3,(H,13,15,16). The van der Waals surface area contributed by atoms with Crippen molar-refractivity contribution in [3.63, 3.8) is 0 Å². The van der Waals surface area contributed by atoms with Gasteiger partial charge in [0, 0.05) is 25.6 Å². The molecule has 0 radical (unpaired) electrons. The molecule has 1 aromatic rings. The molecule has 6 heteroatoms. The van der Waals surface area contributed by atoms with Gasteiger partial charge in [0.05, 0.1) is 0 Å². The van der Waals surface area contributed by atoms with E-state index in [1.165, 1.54) is 11.3 Å². The van der Waals surface area contributed by atoms with Gasteiger partial charge in [0.25, 0.3) is 0 Å². The molecule has 1 aromatic heterocycles. The van der Waals surface area contributed by atoms with Crippen LogP contribution in [0, 0.1) is 5.92 Å². The highest BCUT2D eigenvalue weighted by atomic mass is 32.1. The third-order valence-electron chi connectivity index (χ3n) is 3.03. The number of hydrogen-bond acceptors (Lipinski definition) is 5. The first-order valence-corrected chi connectivity index (χ1v) is 7.32. The number of ether oxygens (including phenoxy) is 1. The summed E-state index contributed by atoms with van der Waals surface area (Å²) in [5, 5.41) is 12.6. The van der Waals surface area contributed by atoms with Gasteiger partial charge in [-0.1, -0.05) is 24.7 Å². The molecule has 0 atom stereocenters. The fourth-order valence-electron chi connectivity index (χ4n) is 1.90. The van der Waals surface area contributed by atoms with Crippen LogP contribution < -0.4 is 5.32 Å². The molecule has 5 nitrogen and oxygen atoms in total. The minimum absolute atomic E-state index is 0.0523. The summed E-state index contributed by atoms with van der Waals surface area (Å²) in [7, 11) is 0. The van der Waals surface area contributed by atoms with Gasteiger partial charge in [-0.25, -0.2) is 0 Å². The SMILES string of the molecule is CCCCc1nnc(NC(=O)C2CCOCC2)s1. The average molecular weight is 269 g/mol. The van der Waals surface area contributed by atoms with Gasteiger partial charge in [-0.2, -0.15) is 0 Å². The molecule has 100 valence electrons. The number of carbonyl (C=O) groups excluding carboxylic acids is 1. The molecule has 2 rings (SSSR count). The summed E-state index contributed by atoms with van der Waals surface area (Å²) >= 11 is 1.48. The van der Waals surface area contributed by atoms with Crippen LogP contribution in [0.25, 0.3) is 0 Å². The molecular weight excluding hydrogens is 250 g/mol. The lowest BCUT2D eigenvalue weighted by atomic mass is 10.00. The van der Waals surface area contributed by atoms with Gasteiger partial charge >= 0.3 is 0 Å². The lowest BCUT2D eigenvalue weighted by Gasteiger charge is -2.20. The van der Waals surface area contributed by atoms with Gasteiger partial charge in [-0.3, -0.25) is 4.79 Å². The Bertz CT molecular complexity index is 388. The van der Waals surface area contributed by atoms with Crippen LogP contribution in [0.1, 0.15) is 37.6 Å². The van der Waals surface area contributed by atoms with E-state index in [2.05, 4.69) is 22.4 Å². The van der Waals surface area contributed by atoms with Crippen molar-refractivity contribution in [2.24, 2.45) is 5.92 Å². The van der Waals surface area contributed by atoms with Crippen molar-refractivity contribution < 1.29 is 9.53 Å². The van der Waals surface area contributed by atoms with E-state index in [-0.39, 0.29) is 11.8 Å². The third-order valence-corrected chi connectivity index (χ3v) is 3.93. The highest BCUT2D eigenvalue weighted by molar-refractivity contribution is 7.15. The molecule has 0 bridgehead atoms. The predicted octanol–water partition coefficient (Wildman–Crippen LogP) is 2.25. The van der Waals surface area contributed by atoms with Crippen molar-refractivity contribution in [3.05, 3.63) is 5.01 Å². The molecule has 0 aliphatic carbocycles. The second kappa shape index (κ2) is 6.80. The first-order valence-electron chi connectivity index (χ1n) is 6.50. The fourth-order valence-corrected chi connectivity index (χ4v) is 2.68. The van der Waals surface area contributed by atoms with Crippen molar-refractivity contribution in [1.29, 1.82) is 0 Å². The van der Waals surface area contributed by atoms with Crippen LogP contribution >= 0.6 is 11.3 Å². The monoisotopic (exact) mass is 269 g/mol. The number of nitrogens with zero attached hydrogens (tertiary/aromatic N) is 2. The molecular formula is C12H19N3O2S. The fraction of sp³-hybridized carbons (Fsp3) is 0.750. The van der Waals surface area contributed by atoms with Crippen LogP contribution in [-0.2, 0) is 16.0 Å². The van der Waals surface area contributed by atoms with Crippen LogP contribution in [0.4, 0.5) is 5.13 Å². The quantitative estimate of drug-likeness (QED) is 0.890. The molecule has 0 spiro atoms. The molecule has 2 heterocycles. The summed E-state index contributed by atoms with van der Waals surface area (Å²) in [6.45, 7) is 3.50. The normalized spacial score (nSPS) is 16.7. The van der Waals surface area contributed by atoms with Crippen molar-refractivity contribution in [2.45, 2.75) is 39.0 Å². The predicted molar refractivity (Wildman–Crippen MR) is 70.7 cm³/mol. The number of aryl methyl sites for hydroxylation is 1. The zero-order valence-electron chi connectivity index (χ0n) is 10.6. The third kappa shape index (κ3) is 3.74. The smallest absolute Gasteiger partial charge is 0.229 e. The van der Waals surface area contributed by atoms with Crippen molar-refractivity contribution in [2.75, 3.05) is 18.5 Å². The number of hydrogen-bond donors (Lipinski definition) is 1. The van der Waals surface area contributed by atoms with E-state index in [0.29, 0.717) is 18.3 Å². The van der Waals surface area contributed by atoms with E-state index in [0.717, 1.165) is 37.1 Å². The number of rotatable bonds is 5. The average Bonchev–Trinajstić information content (AvgIpc) is 2.85. The zero-order valence-corrected chi connectivity index (χ0v) is 11.5. The second-order valence-corrected chi connectivity index (χ2v) is 5.54. The van der Waals surface area contributed by atoms with Crippen molar-refractivity contribution in [3.8, 4) is 0 Å². The van der Waals surface area contributed by atoms with Crippen molar-refractivity contribution >= 4 is 22.4 Å². The zero-order chi connectivity index (χ0) is 12.8. The summed E-state index contributed by atoms with van der Waals surface area (Å²) in [6, 6.07) is 0. The number of nitrogens with one attached hydrogen (secondary N) is 1. The Hall–Kier alpha value is -1.01. The Morgan fingerprint density at radius 3 is 2.94 bits per heavy atom. The summed E-state index contributed by atoms with van der Waals surface area (Å²) in [4.78, 5) is 12.0. The topological polar surface area (TPSA) is 64.1 Å². The lowest BCUT2D eigenvalue weighted by Crippen LogP contribution is -2.28. The largest absolute Gasteiger partial charge is 0.381 e. The number of aromatic nitrogens is 2. The Kier molecular flexibility index (Phi) is 5.07. The maximum Gasteiger partial charge on any atom is 0.229 e. The molecule has 1 aliphatic rings. The maximum absolute atomic E-state index is 12.0. The molecule has 1 fully saturated rings. The molecule has 1 amide bonds. The second-order valence-electron chi connectivity index (χ2n) is 4.48. The van der Waals surface area contributed by atoms with Crippen LogP contribution in [0.3, 0.4) is 0 Å². The Morgan fingerprint density at radius 1 is 1.44 bits per heavy atom. The van der Waals surface area contributed by atoms with Crippen LogP contribution in [0.15, 0.2) is 0 Å². The van der Waals surface area contributed by atoms with E-state index in [9.17, 15) is 4.79 Å². The Balaban J connectivity index is 1.84. The van der Waals surface area contributed by atoms with E-state index in [1.807, 2.05) is 0 Å². The number of amides is 1. The van der Waals surface area contributed by atoms with Gasteiger partial charge in [-0.05, 0) is 19.3 Å². The first kappa shape index (κ1) is 13.4. The summed E-state index contributed by atoms with van der Waals surface area (Å²) in [6.07, 6.45) is 4.80. The summed E-state index contributed by atoms with van der Waals surface area (Å²) < 4.78 is 5.24. The molecule has 18 heavy (non-hydrogen) atoms. The van der Waals surface area contributed by atoms with Gasteiger partial charge < -0.3 is 10.1 Å². The van der Waals surface area contributed by atoms with E-state index in [1.54, 1.807) is 0 Å². The first-order chi connectivity index (χ1) is 8.79. The van der Waals surface area contributed by atoms with Gasteiger partial charge in [0.2, 0.25) is 11.0 Å². The Morgan fingerprint density at radius 2 is 2.22 bits per heavy atom. The highest BCUT2D eigenvalue weighted by Gasteiger charge is 2.22. The lowest BCUT2D eigenvalue weighted by molar-refractivity contribution is -0.122. The Labute approximate surface area is 111 Å². The van der Waals surface area contributed by atoms with Gasteiger partial charge in [0.15, 0.2) is 0 Å². The van der Waals surface area contributed by atoms with E-state index >= 15 is 0 Å². The van der Waals surface area contributed by atoms with Gasteiger partial charge in [-0.15, -0.1) is 10.2 Å². The molecule has 0 saturated carbocycles. The molecule has 1 aliphatic heterocycles. The number of unbranched alkanes of at least 4 members (excludes halogenated alkanes) is 1. The molecule has 0 aromatic carbocycles. The maximum atomic E-state index is 12.0. The molecule has 0 unspecified atom stereocenters. The summed E-state index contributed by atoms with van der Waals surface area (Å²) in [5.41, 5.74) is 0. The van der Waals surface area contributed by atoms with Crippen LogP contribution in [0.5, 0.6) is 0 Å². The van der Waals surface area contributed by atoms with Crippen LogP contribution in [0.2, 0.25) is 0 Å². The van der Waals surface area contributed by atoms with Crippen LogP contribution in [-0.4, -0.2) is 29.3 Å².